The van der Waals surface area contributed by atoms with Crippen LogP contribution in [-0.2, 0) is 6.42 Å². The quantitative estimate of drug-likeness (QED) is 0.904. The van der Waals surface area contributed by atoms with E-state index in [2.05, 4.69) is 61.9 Å². The van der Waals surface area contributed by atoms with Crippen LogP contribution in [0.5, 0.6) is 0 Å². The Balaban J connectivity index is 2.43. The van der Waals surface area contributed by atoms with Gasteiger partial charge in [0.15, 0.2) is 0 Å². The molecule has 1 fully saturated rings. The normalized spacial score (nSPS) is 23.6. The number of anilines is 1. The van der Waals surface area contributed by atoms with Crippen LogP contribution in [0.2, 0.25) is 0 Å². The fourth-order valence-electron chi connectivity index (χ4n) is 3.48. The smallest absolute Gasteiger partial charge is 0.0545 e. The van der Waals surface area contributed by atoms with Gasteiger partial charge in [0.1, 0.15) is 0 Å². The highest BCUT2D eigenvalue weighted by Crippen LogP contribution is 2.33. The van der Waals surface area contributed by atoms with Crippen molar-refractivity contribution in [2.24, 2.45) is 5.73 Å². The molecule has 0 spiro atoms. The second-order valence-electron chi connectivity index (χ2n) is 6.25. The summed E-state index contributed by atoms with van der Waals surface area (Å²) in [6.07, 6.45) is 1.07. The number of nitrogens with two attached hydrogens (primary N) is 1. The molecule has 0 saturated carbocycles. The van der Waals surface area contributed by atoms with Crippen LogP contribution in [-0.4, -0.2) is 43.2 Å². The average molecular weight is 261 g/mol. The van der Waals surface area contributed by atoms with Crippen LogP contribution in [0.15, 0.2) is 24.3 Å². The Kier molecular flexibility index (Phi) is 4.16. The molecular formula is C16H27N3. The first-order valence-electron chi connectivity index (χ1n) is 7.25. The summed E-state index contributed by atoms with van der Waals surface area (Å²) in [6.45, 7) is 9.67. The summed E-state index contributed by atoms with van der Waals surface area (Å²) in [7, 11) is 2.19. The summed E-state index contributed by atoms with van der Waals surface area (Å²) >= 11 is 0. The summed E-state index contributed by atoms with van der Waals surface area (Å²) in [5.74, 6) is 0. The largest absolute Gasteiger partial charge is 0.359 e. The summed E-state index contributed by atoms with van der Waals surface area (Å²) < 4.78 is 0. The maximum absolute atomic E-state index is 6.04. The fraction of sp³-hybridized carbons (Fsp3) is 0.625. The lowest BCUT2D eigenvalue weighted by Crippen LogP contribution is -2.65. The molecule has 1 unspecified atom stereocenters. The molecule has 106 valence electrons. The Morgan fingerprint density at radius 3 is 2.63 bits per heavy atom. The zero-order chi connectivity index (χ0) is 14.0. The minimum absolute atomic E-state index is 0.113. The molecule has 1 aliphatic heterocycles. The molecule has 1 atom stereocenters. The van der Waals surface area contributed by atoms with Crippen molar-refractivity contribution in [1.29, 1.82) is 0 Å². The molecule has 2 rings (SSSR count). The summed E-state index contributed by atoms with van der Waals surface area (Å²) in [5, 5.41) is 0. The minimum atomic E-state index is 0.113. The van der Waals surface area contributed by atoms with Crippen LogP contribution >= 0.6 is 0 Å². The van der Waals surface area contributed by atoms with Crippen LogP contribution in [0.1, 0.15) is 26.3 Å². The van der Waals surface area contributed by atoms with Crippen LogP contribution < -0.4 is 10.6 Å². The molecule has 1 heterocycles. The lowest BCUT2D eigenvalue weighted by Gasteiger charge is -2.52. The number of nitrogens with zero attached hydrogens (tertiary/aromatic N) is 2. The molecule has 1 saturated heterocycles. The van der Waals surface area contributed by atoms with Gasteiger partial charge < -0.3 is 15.5 Å². The molecule has 0 amide bonds. The fourth-order valence-corrected chi connectivity index (χ4v) is 3.48. The van der Waals surface area contributed by atoms with Gasteiger partial charge in [0.25, 0.3) is 0 Å². The Morgan fingerprint density at radius 1 is 1.32 bits per heavy atom. The van der Waals surface area contributed by atoms with Gasteiger partial charge in [-0.3, -0.25) is 0 Å². The SMILES string of the molecule is CCc1ccccc1N1C(CN)CN(C)CC1(C)C. The topological polar surface area (TPSA) is 32.5 Å². The number of para-hydroxylation sites is 1. The van der Waals surface area contributed by atoms with Crippen LogP contribution in [0.4, 0.5) is 5.69 Å². The van der Waals surface area contributed by atoms with Crippen molar-refractivity contribution >= 4 is 5.69 Å². The van der Waals surface area contributed by atoms with Crippen LogP contribution in [0, 0.1) is 0 Å². The molecule has 1 aromatic carbocycles. The third-order valence-electron chi connectivity index (χ3n) is 4.10. The van der Waals surface area contributed by atoms with Gasteiger partial charge >= 0.3 is 0 Å². The maximum atomic E-state index is 6.04. The van der Waals surface area contributed by atoms with E-state index in [4.69, 9.17) is 5.73 Å². The molecule has 3 heteroatoms. The second kappa shape index (κ2) is 5.51. The number of aryl methyl sites for hydroxylation is 1. The third kappa shape index (κ3) is 2.77. The zero-order valence-electron chi connectivity index (χ0n) is 12.7. The zero-order valence-corrected chi connectivity index (χ0v) is 12.7. The predicted octanol–water partition coefficient (Wildman–Crippen LogP) is 2.11. The third-order valence-corrected chi connectivity index (χ3v) is 4.10. The van der Waals surface area contributed by atoms with Gasteiger partial charge in [-0.1, -0.05) is 25.1 Å². The Labute approximate surface area is 117 Å². The Morgan fingerprint density at radius 2 is 2.00 bits per heavy atom. The van der Waals surface area contributed by atoms with Gasteiger partial charge in [0.05, 0.1) is 6.04 Å². The van der Waals surface area contributed by atoms with Crippen molar-refractivity contribution in [3.8, 4) is 0 Å². The van der Waals surface area contributed by atoms with Crippen LogP contribution in [0.25, 0.3) is 0 Å². The van der Waals surface area contributed by atoms with Crippen LogP contribution in [0.3, 0.4) is 0 Å². The molecule has 3 nitrogen and oxygen atoms in total. The van der Waals surface area contributed by atoms with E-state index in [1.165, 1.54) is 11.3 Å². The second-order valence-corrected chi connectivity index (χ2v) is 6.25. The summed E-state index contributed by atoms with van der Waals surface area (Å²) in [6, 6.07) is 9.13. The highest BCUT2D eigenvalue weighted by molar-refractivity contribution is 5.57. The molecule has 2 N–H and O–H groups in total. The van der Waals surface area contributed by atoms with E-state index in [9.17, 15) is 0 Å². The molecule has 0 bridgehead atoms. The van der Waals surface area contributed by atoms with E-state index >= 15 is 0 Å². The standard InChI is InChI=1S/C16H27N3/c1-5-13-8-6-7-9-15(13)19-14(10-17)11-18(4)12-16(19,2)3/h6-9,14H,5,10-12,17H2,1-4H3. The van der Waals surface area contributed by atoms with Gasteiger partial charge in [-0.15, -0.1) is 0 Å². The molecular weight excluding hydrogens is 234 g/mol. The van der Waals surface area contributed by atoms with Crippen molar-refractivity contribution in [3.05, 3.63) is 29.8 Å². The monoisotopic (exact) mass is 261 g/mol. The Hall–Kier alpha value is -1.06. The van der Waals surface area contributed by atoms with Gasteiger partial charge in [-0.25, -0.2) is 0 Å². The minimum Gasteiger partial charge on any atom is -0.359 e. The number of hydrogen-bond donors (Lipinski definition) is 1. The summed E-state index contributed by atoms with van der Waals surface area (Å²) in [4.78, 5) is 4.94. The molecule has 0 aliphatic carbocycles. The van der Waals surface area contributed by atoms with Crippen molar-refractivity contribution in [2.45, 2.75) is 38.8 Å². The van der Waals surface area contributed by atoms with E-state index in [1.54, 1.807) is 0 Å². The number of piperazine rings is 1. The van der Waals surface area contributed by atoms with Crippen molar-refractivity contribution < 1.29 is 0 Å². The average Bonchev–Trinajstić information content (AvgIpc) is 2.36. The lowest BCUT2D eigenvalue weighted by molar-refractivity contribution is 0.182. The first-order valence-corrected chi connectivity index (χ1v) is 7.25. The van der Waals surface area contributed by atoms with E-state index in [-0.39, 0.29) is 5.54 Å². The first kappa shape index (κ1) is 14.4. The number of rotatable bonds is 3. The van der Waals surface area contributed by atoms with E-state index in [1.807, 2.05) is 0 Å². The number of likely N-dealkylation sites (N-methyl/N-ethyl adjacent to an activating group) is 1. The highest BCUT2D eigenvalue weighted by Gasteiger charge is 2.38. The maximum Gasteiger partial charge on any atom is 0.0545 e. The molecule has 1 aliphatic rings. The van der Waals surface area contributed by atoms with Crippen molar-refractivity contribution in [2.75, 3.05) is 31.6 Å². The molecule has 0 aromatic heterocycles. The number of benzene rings is 1. The van der Waals surface area contributed by atoms with E-state index in [0.717, 1.165) is 19.5 Å². The molecule has 1 aromatic rings. The van der Waals surface area contributed by atoms with Gasteiger partial charge in [0.2, 0.25) is 0 Å². The van der Waals surface area contributed by atoms with Crippen molar-refractivity contribution in [1.82, 2.24) is 4.90 Å². The highest BCUT2D eigenvalue weighted by atomic mass is 15.3. The number of hydrogen-bond acceptors (Lipinski definition) is 3. The first-order chi connectivity index (χ1) is 8.99. The predicted molar refractivity (Wildman–Crippen MR) is 82.7 cm³/mol. The van der Waals surface area contributed by atoms with Crippen molar-refractivity contribution in [3.63, 3.8) is 0 Å². The molecule has 0 radical (unpaired) electrons. The molecule has 19 heavy (non-hydrogen) atoms. The van der Waals surface area contributed by atoms with Gasteiger partial charge in [0, 0.05) is 30.9 Å². The van der Waals surface area contributed by atoms with Gasteiger partial charge in [-0.05, 0) is 38.9 Å². The summed E-state index contributed by atoms with van der Waals surface area (Å²) in [5.41, 5.74) is 8.93. The lowest BCUT2D eigenvalue weighted by atomic mass is 9.92. The Bertz CT molecular complexity index is 428. The van der Waals surface area contributed by atoms with E-state index in [0.29, 0.717) is 12.6 Å². The van der Waals surface area contributed by atoms with E-state index < -0.39 is 0 Å². The van der Waals surface area contributed by atoms with Gasteiger partial charge in [-0.2, -0.15) is 0 Å².